The number of rotatable bonds is 6. The summed E-state index contributed by atoms with van der Waals surface area (Å²) in [4.78, 5) is 13.6. The lowest BCUT2D eigenvalue weighted by molar-refractivity contribution is 0.202. The number of nitrogens with zero attached hydrogens (tertiary/aromatic N) is 1. The van der Waals surface area contributed by atoms with Gasteiger partial charge in [-0.25, -0.2) is 4.79 Å². The maximum Gasteiger partial charge on any atom is 0.317 e. The molecule has 0 fully saturated rings. The highest BCUT2D eigenvalue weighted by atomic mass is 79.9. The molecule has 3 nitrogen and oxygen atoms in total. The Hall–Kier alpha value is -1.29. The molecule has 0 atom stereocenters. The van der Waals surface area contributed by atoms with Gasteiger partial charge in [0.1, 0.15) is 0 Å². The Morgan fingerprint density at radius 1 is 1.39 bits per heavy atom. The molecule has 0 unspecified atom stereocenters. The summed E-state index contributed by atoms with van der Waals surface area (Å²) in [6, 6.07) is 10.1. The Morgan fingerprint density at radius 2 is 2.06 bits per heavy atom. The van der Waals surface area contributed by atoms with Gasteiger partial charge in [0.2, 0.25) is 0 Å². The van der Waals surface area contributed by atoms with E-state index in [2.05, 4.69) is 40.0 Å². The van der Waals surface area contributed by atoms with Gasteiger partial charge >= 0.3 is 6.03 Å². The average molecular weight is 311 g/mol. The third-order valence-corrected chi connectivity index (χ3v) is 2.89. The van der Waals surface area contributed by atoms with E-state index in [0.717, 1.165) is 17.4 Å². The number of amides is 2. The van der Waals surface area contributed by atoms with Crippen LogP contribution in [0.2, 0.25) is 0 Å². The predicted molar refractivity (Wildman–Crippen MR) is 78.9 cm³/mol. The van der Waals surface area contributed by atoms with Crippen LogP contribution in [0.1, 0.15) is 12.5 Å². The van der Waals surface area contributed by atoms with E-state index in [9.17, 15) is 4.79 Å². The lowest BCUT2D eigenvalue weighted by atomic mass is 10.1. The highest BCUT2D eigenvalue weighted by Gasteiger charge is 2.10. The van der Waals surface area contributed by atoms with Crippen LogP contribution in [0.4, 0.5) is 4.79 Å². The van der Waals surface area contributed by atoms with Gasteiger partial charge in [0.15, 0.2) is 0 Å². The molecule has 98 valence electrons. The van der Waals surface area contributed by atoms with Crippen LogP contribution in [0, 0.1) is 0 Å². The minimum absolute atomic E-state index is 0.0472. The molecule has 0 aliphatic heterocycles. The number of carbonyl (C=O) groups excluding carboxylic acids is 1. The first-order valence-corrected chi connectivity index (χ1v) is 6.82. The van der Waals surface area contributed by atoms with E-state index in [1.54, 1.807) is 4.90 Å². The smallest absolute Gasteiger partial charge is 0.317 e. The summed E-state index contributed by atoms with van der Waals surface area (Å²) in [5.41, 5.74) is 1.24. The number of hydrogen-bond acceptors (Lipinski definition) is 1. The van der Waals surface area contributed by atoms with Gasteiger partial charge in [-0.2, -0.15) is 0 Å². The lowest BCUT2D eigenvalue weighted by Gasteiger charge is -2.21. The van der Waals surface area contributed by atoms with Gasteiger partial charge in [-0.1, -0.05) is 52.8 Å². The monoisotopic (exact) mass is 310 g/mol. The van der Waals surface area contributed by atoms with E-state index in [4.69, 9.17) is 0 Å². The first-order chi connectivity index (χ1) is 8.63. The summed E-state index contributed by atoms with van der Waals surface area (Å²) in [6.07, 6.45) is 0.872. The number of carbonyl (C=O) groups is 1. The molecule has 1 aromatic rings. The maximum absolute atomic E-state index is 11.9. The highest BCUT2D eigenvalue weighted by Crippen LogP contribution is 2.02. The zero-order chi connectivity index (χ0) is 13.4. The molecule has 4 heteroatoms. The summed E-state index contributed by atoms with van der Waals surface area (Å²) in [6.45, 7) is 7.55. The first-order valence-electron chi connectivity index (χ1n) is 6.03. The van der Waals surface area contributed by atoms with Gasteiger partial charge in [-0.15, -0.1) is 0 Å². The van der Waals surface area contributed by atoms with Crippen molar-refractivity contribution in [2.24, 2.45) is 0 Å². The lowest BCUT2D eigenvalue weighted by Crippen LogP contribution is -2.41. The quantitative estimate of drug-likeness (QED) is 0.860. The van der Waals surface area contributed by atoms with Gasteiger partial charge in [0.05, 0.1) is 6.54 Å². The van der Waals surface area contributed by atoms with Crippen molar-refractivity contribution >= 4 is 22.0 Å². The summed E-state index contributed by atoms with van der Waals surface area (Å²) in [7, 11) is 0. The van der Waals surface area contributed by atoms with E-state index in [0.29, 0.717) is 13.1 Å². The molecule has 2 amide bonds. The summed E-state index contributed by atoms with van der Waals surface area (Å²) in [5.74, 6) is 0. The molecule has 0 aliphatic carbocycles. The molecule has 1 aromatic carbocycles. The minimum Gasteiger partial charge on any atom is -0.333 e. The number of benzene rings is 1. The Bertz CT molecular complexity index is 392. The van der Waals surface area contributed by atoms with Crippen molar-refractivity contribution in [3.05, 3.63) is 47.0 Å². The topological polar surface area (TPSA) is 32.3 Å². The van der Waals surface area contributed by atoms with E-state index in [-0.39, 0.29) is 6.03 Å². The van der Waals surface area contributed by atoms with Gasteiger partial charge in [0, 0.05) is 17.6 Å². The third-order valence-electron chi connectivity index (χ3n) is 2.61. The fourth-order valence-electron chi connectivity index (χ4n) is 1.60. The molecule has 0 spiro atoms. The minimum atomic E-state index is -0.0472. The van der Waals surface area contributed by atoms with Crippen LogP contribution >= 0.6 is 15.9 Å². The first kappa shape index (κ1) is 14.8. The predicted octanol–water partition coefficient (Wildman–Crippen LogP) is 3.17. The summed E-state index contributed by atoms with van der Waals surface area (Å²) >= 11 is 3.22. The fraction of sp³-hybridized carbons (Fsp3) is 0.357. The molecule has 0 aromatic heterocycles. The number of nitrogens with one attached hydrogen (secondary N) is 1. The van der Waals surface area contributed by atoms with Crippen LogP contribution in [-0.4, -0.2) is 30.6 Å². The number of urea groups is 1. The second-order valence-electron chi connectivity index (χ2n) is 3.99. The van der Waals surface area contributed by atoms with Crippen molar-refractivity contribution in [1.82, 2.24) is 10.2 Å². The molecule has 0 saturated carbocycles. The SMILES string of the molecule is C=C(Br)CNC(=O)N(CC)CCc1ccccc1. The highest BCUT2D eigenvalue weighted by molar-refractivity contribution is 9.11. The van der Waals surface area contributed by atoms with Crippen molar-refractivity contribution in [2.45, 2.75) is 13.3 Å². The van der Waals surface area contributed by atoms with Crippen LogP contribution in [0.5, 0.6) is 0 Å². The second kappa shape index (κ2) is 7.93. The van der Waals surface area contributed by atoms with Crippen molar-refractivity contribution in [1.29, 1.82) is 0 Å². The molecule has 0 bridgehead atoms. The Kier molecular flexibility index (Phi) is 6.50. The molecule has 1 N–H and O–H groups in total. The molecule has 0 aliphatic rings. The fourth-order valence-corrected chi connectivity index (χ4v) is 1.74. The zero-order valence-corrected chi connectivity index (χ0v) is 12.2. The van der Waals surface area contributed by atoms with Gasteiger partial charge in [-0.05, 0) is 18.9 Å². The van der Waals surface area contributed by atoms with Crippen LogP contribution in [0.15, 0.2) is 41.4 Å². The van der Waals surface area contributed by atoms with Crippen LogP contribution in [-0.2, 0) is 6.42 Å². The molecule has 0 radical (unpaired) electrons. The Labute approximate surface area is 117 Å². The number of halogens is 1. The molecule has 1 rings (SSSR count). The molecular weight excluding hydrogens is 292 g/mol. The zero-order valence-electron chi connectivity index (χ0n) is 10.7. The summed E-state index contributed by atoms with van der Waals surface area (Å²) in [5, 5.41) is 2.81. The van der Waals surface area contributed by atoms with Gasteiger partial charge in [-0.3, -0.25) is 0 Å². The van der Waals surface area contributed by atoms with E-state index in [1.165, 1.54) is 5.56 Å². The normalized spacial score (nSPS) is 9.89. The molecule has 0 heterocycles. The van der Waals surface area contributed by atoms with E-state index < -0.39 is 0 Å². The molecule has 0 saturated heterocycles. The van der Waals surface area contributed by atoms with Gasteiger partial charge < -0.3 is 10.2 Å². The number of hydrogen-bond donors (Lipinski definition) is 1. The summed E-state index contributed by atoms with van der Waals surface area (Å²) < 4.78 is 0.773. The second-order valence-corrected chi connectivity index (χ2v) is 5.11. The van der Waals surface area contributed by atoms with Crippen LogP contribution < -0.4 is 5.32 Å². The van der Waals surface area contributed by atoms with Crippen molar-refractivity contribution < 1.29 is 4.79 Å². The maximum atomic E-state index is 11.9. The van der Waals surface area contributed by atoms with E-state index in [1.807, 2.05) is 25.1 Å². The van der Waals surface area contributed by atoms with Crippen molar-refractivity contribution in [3.63, 3.8) is 0 Å². The van der Waals surface area contributed by atoms with E-state index >= 15 is 0 Å². The molecule has 18 heavy (non-hydrogen) atoms. The standard InChI is InChI=1S/C14H19BrN2O/c1-3-17(14(18)16-11-12(2)15)10-9-13-7-5-4-6-8-13/h4-8H,2-3,9-11H2,1H3,(H,16,18). The van der Waals surface area contributed by atoms with Crippen molar-refractivity contribution in [2.75, 3.05) is 19.6 Å². The van der Waals surface area contributed by atoms with Crippen LogP contribution in [0.25, 0.3) is 0 Å². The van der Waals surface area contributed by atoms with Crippen LogP contribution in [0.3, 0.4) is 0 Å². The third kappa shape index (κ3) is 5.36. The largest absolute Gasteiger partial charge is 0.333 e. The molecular formula is C14H19BrN2O. The Morgan fingerprint density at radius 3 is 2.61 bits per heavy atom. The Balaban J connectivity index is 2.42. The van der Waals surface area contributed by atoms with Crippen molar-refractivity contribution in [3.8, 4) is 0 Å². The van der Waals surface area contributed by atoms with Gasteiger partial charge in [0.25, 0.3) is 0 Å². The number of likely N-dealkylation sites (N-methyl/N-ethyl adjacent to an activating group) is 1. The average Bonchev–Trinajstić information content (AvgIpc) is 2.38.